The molecule has 0 bridgehead atoms. The zero-order valence-electron chi connectivity index (χ0n) is 26.0. The van der Waals surface area contributed by atoms with Crippen molar-refractivity contribution >= 4 is 0 Å². The van der Waals surface area contributed by atoms with Gasteiger partial charge in [-0.3, -0.25) is 0 Å². The van der Waals surface area contributed by atoms with Crippen molar-refractivity contribution in [2.75, 3.05) is 0 Å². The number of hydrogen-bond acceptors (Lipinski definition) is 0. The molecule has 7 aromatic rings. The van der Waals surface area contributed by atoms with E-state index in [0.29, 0.717) is 0 Å². The van der Waals surface area contributed by atoms with Crippen LogP contribution in [0.15, 0.2) is 206 Å². The van der Waals surface area contributed by atoms with Crippen LogP contribution in [-0.4, -0.2) is 0 Å². The van der Waals surface area contributed by atoms with Crippen molar-refractivity contribution < 1.29 is 0 Å². The first-order chi connectivity index (χ1) is 22.8. The van der Waals surface area contributed by atoms with E-state index in [-0.39, 0.29) is 10.8 Å². The van der Waals surface area contributed by atoms with Crippen LogP contribution < -0.4 is 0 Å². The molecule has 0 unspecified atom stereocenters. The van der Waals surface area contributed by atoms with Gasteiger partial charge in [0.25, 0.3) is 0 Å². The molecule has 0 aromatic heterocycles. The lowest BCUT2D eigenvalue weighted by Gasteiger charge is -2.37. The minimum Gasteiger partial charge on any atom is -0.0622 e. The van der Waals surface area contributed by atoms with Crippen LogP contribution in [0.5, 0.6) is 0 Å². The average Bonchev–Trinajstić information content (AvgIpc) is 3.15. The first kappa shape index (κ1) is 29.3. The van der Waals surface area contributed by atoms with E-state index in [1.807, 2.05) is 0 Å². The van der Waals surface area contributed by atoms with Crippen LogP contribution in [0, 0.1) is 0 Å². The van der Waals surface area contributed by atoms with Crippen LogP contribution in [0.4, 0.5) is 0 Å². The molecule has 0 radical (unpaired) electrons. The largest absolute Gasteiger partial charge is 0.0622 e. The molecule has 0 fully saturated rings. The van der Waals surface area contributed by atoms with Crippen LogP contribution in [0.2, 0.25) is 0 Å². The van der Waals surface area contributed by atoms with Gasteiger partial charge in [-0.05, 0) is 57.3 Å². The van der Waals surface area contributed by atoms with E-state index >= 15 is 0 Å². The maximum atomic E-state index is 2.45. The Labute approximate surface area is 273 Å². The predicted octanol–water partition coefficient (Wildman–Crippen LogP) is 10.8. The molecule has 0 heteroatoms. The quantitative estimate of drug-likeness (QED) is 0.139. The minimum absolute atomic E-state index is 0.349. The van der Waals surface area contributed by atoms with Crippen LogP contribution in [0.1, 0.15) is 44.5 Å². The molecule has 0 saturated carbocycles. The van der Waals surface area contributed by atoms with Crippen LogP contribution in [-0.2, 0) is 23.7 Å². The van der Waals surface area contributed by atoms with Crippen LogP contribution in [0.25, 0.3) is 0 Å². The van der Waals surface area contributed by atoms with E-state index in [9.17, 15) is 0 Å². The van der Waals surface area contributed by atoms with Crippen molar-refractivity contribution in [3.63, 3.8) is 0 Å². The highest BCUT2D eigenvalue weighted by Gasteiger charge is 2.38. The SMILES string of the molecule is c1ccc(C(Cc2cccc(CC(c3ccccc3)(c3ccccc3)c3ccccc3)c2)(c2ccccc2)c2ccccc2)cc1. The van der Waals surface area contributed by atoms with E-state index in [1.165, 1.54) is 44.5 Å². The Morgan fingerprint density at radius 3 is 0.674 bits per heavy atom. The first-order valence-corrected chi connectivity index (χ1v) is 16.2. The zero-order valence-corrected chi connectivity index (χ0v) is 26.0. The van der Waals surface area contributed by atoms with E-state index in [2.05, 4.69) is 206 Å². The lowest BCUT2D eigenvalue weighted by Crippen LogP contribution is -2.33. The molecular formula is C46H38. The Hall–Kier alpha value is -5.46. The molecule has 0 aliphatic heterocycles. The van der Waals surface area contributed by atoms with Gasteiger partial charge in [0.15, 0.2) is 0 Å². The standard InChI is InChI=1S/C46H38/c1-7-22-39(23-8-1)45(40-24-9-2-10-25-40,41-26-11-3-12-27-41)35-37-20-19-21-38(34-37)36-46(42-28-13-4-14-29-42,43-30-15-5-16-31-43)44-32-17-6-18-33-44/h1-34H,35-36H2. The third-order valence-electron chi connectivity index (χ3n) is 9.53. The Kier molecular flexibility index (Phi) is 8.44. The van der Waals surface area contributed by atoms with Gasteiger partial charge in [-0.15, -0.1) is 0 Å². The number of hydrogen-bond donors (Lipinski definition) is 0. The molecule has 0 nitrogen and oxygen atoms in total. The molecule has 7 aromatic carbocycles. The molecule has 0 aliphatic carbocycles. The van der Waals surface area contributed by atoms with Gasteiger partial charge in [0.2, 0.25) is 0 Å². The molecule has 0 atom stereocenters. The maximum absolute atomic E-state index is 2.45. The fourth-order valence-electron chi connectivity index (χ4n) is 7.41. The Morgan fingerprint density at radius 1 is 0.239 bits per heavy atom. The molecule has 0 spiro atoms. The van der Waals surface area contributed by atoms with E-state index < -0.39 is 0 Å². The van der Waals surface area contributed by atoms with Gasteiger partial charge in [0.05, 0.1) is 0 Å². The summed E-state index contributed by atoms with van der Waals surface area (Å²) in [7, 11) is 0. The second kappa shape index (κ2) is 13.3. The number of benzene rings is 7. The van der Waals surface area contributed by atoms with Gasteiger partial charge in [0.1, 0.15) is 0 Å². The minimum atomic E-state index is -0.349. The highest BCUT2D eigenvalue weighted by molar-refractivity contribution is 5.54. The van der Waals surface area contributed by atoms with Gasteiger partial charge < -0.3 is 0 Å². The lowest BCUT2D eigenvalue weighted by molar-refractivity contribution is 0.603. The summed E-state index contributed by atoms with van der Waals surface area (Å²) in [5.74, 6) is 0. The fraction of sp³-hybridized carbons (Fsp3) is 0.0870. The average molecular weight is 591 g/mol. The maximum Gasteiger partial charge on any atom is 0.0491 e. The van der Waals surface area contributed by atoms with Gasteiger partial charge in [-0.1, -0.05) is 206 Å². The summed E-state index contributed by atoms with van der Waals surface area (Å²) in [5, 5.41) is 0. The van der Waals surface area contributed by atoms with E-state index in [4.69, 9.17) is 0 Å². The summed E-state index contributed by atoms with van der Waals surface area (Å²) in [4.78, 5) is 0. The second-order valence-corrected chi connectivity index (χ2v) is 12.2. The third-order valence-corrected chi connectivity index (χ3v) is 9.53. The summed E-state index contributed by atoms with van der Waals surface area (Å²) >= 11 is 0. The smallest absolute Gasteiger partial charge is 0.0491 e. The molecule has 7 rings (SSSR count). The summed E-state index contributed by atoms with van der Waals surface area (Å²) in [6.07, 6.45) is 1.68. The van der Waals surface area contributed by atoms with Crippen molar-refractivity contribution in [1.29, 1.82) is 0 Å². The fourth-order valence-corrected chi connectivity index (χ4v) is 7.41. The van der Waals surface area contributed by atoms with E-state index in [1.54, 1.807) is 0 Å². The van der Waals surface area contributed by atoms with Gasteiger partial charge in [-0.2, -0.15) is 0 Å². The molecule has 0 heterocycles. The third kappa shape index (κ3) is 5.59. The topological polar surface area (TPSA) is 0 Å². The number of rotatable bonds is 10. The Balaban J connectivity index is 1.39. The molecule has 222 valence electrons. The van der Waals surface area contributed by atoms with Crippen molar-refractivity contribution in [2.45, 2.75) is 23.7 Å². The summed E-state index contributed by atoms with van der Waals surface area (Å²) < 4.78 is 0. The van der Waals surface area contributed by atoms with Crippen molar-refractivity contribution in [3.8, 4) is 0 Å². The molecule has 46 heavy (non-hydrogen) atoms. The van der Waals surface area contributed by atoms with Gasteiger partial charge in [0, 0.05) is 10.8 Å². The summed E-state index contributed by atoms with van der Waals surface area (Å²) in [6, 6.07) is 75.4. The molecule has 0 aliphatic rings. The van der Waals surface area contributed by atoms with Crippen LogP contribution in [0.3, 0.4) is 0 Å². The lowest BCUT2D eigenvalue weighted by atomic mass is 9.65. The monoisotopic (exact) mass is 590 g/mol. The van der Waals surface area contributed by atoms with Gasteiger partial charge >= 0.3 is 0 Å². The normalized spacial score (nSPS) is 11.7. The van der Waals surface area contributed by atoms with Gasteiger partial charge in [-0.25, -0.2) is 0 Å². The van der Waals surface area contributed by atoms with E-state index in [0.717, 1.165) is 12.8 Å². The Morgan fingerprint density at radius 2 is 0.457 bits per heavy atom. The Bertz CT molecular complexity index is 1610. The predicted molar refractivity (Wildman–Crippen MR) is 192 cm³/mol. The molecule has 0 saturated heterocycles. The highest BCUT2D eigenvalue weighted by atomic mass is 14.4. The molecule has 0 N–H and O–H groups in total. The van der Waals surface area contributed by atoms with Crippen molar-refractivity contribution in [3.05, 3.63) is 251 Å². The zero-order chi connectivity index (χ0) is 31.1. The second-order valence-electron chi connectivity index (χ2n) is 12.2. The van der Waals surface area contributed by atoms with Crippen molar-refractivity contribution in [2.24, 2.45) is 0 Å². The molecular weight excluding hydrogens is 553 g/mol. The van der Waals surface area contributed by atoms with Crippen molar-refractivity contribution in [1.82, 2.24) is 0 Å². The summed E-state index contributed by atoms with van der Waals surface area (Å²) in [5.41, 5.74) is 9.71. The first-order valence-electron chi connectivity index (χ1n) is 16.2. The highest BCUT2D eigenvalue weighted by Crippen LogP contribution is 2.44. The summed E-state index contributed by atoms with van der Waals surface area (Å²) in [6.45, 7) is 0. The van der Waals surface area contributed by atoms with Crippen LogP contribution >= 0.6 is 0 Å². The molecule has 0 amide bonds.